The second-order valence-corrected chi connectivity index (χ2v) is 5.08. The van der Waals surface area contributed by atoms with Gasteiger partial charge in [0.15, 0.2) is 0 Å². The number of rotatable bonds is 4. The van der Waals surface area contributed by atoms with Crippen molar-refractivity contribution in [1.82, 2.24) is 0 Å². The van der Waals surface area contributed by atoms with Crippen LogP contribution >= 0.6 is 11.6 Å². The lowest BCUT2D eigenvalue weighted by molar-refractivity contribution is 0.425. The molecule has 0 radical (unpaired) electrons. The van der Waals surface area contributed by atoms with E-state index in [1.54, 1.807) is 0 Å². The zero-order chi connectivity index (χ0) is 11.5. The van der Waals surface area contributed by atoms with Gasteiger partial charge in [0, 0.05) is 10.6 Å². The van der Waals surface area contributed by atoms with Gasteiger partial charge in [0.05, 0.1) is 0 Å². The maximum atomic E-state index is 6.21. The van der Waals surface area contributed by atoms with Crippen molar-refractivity contribution >= 4 is 11.6 Å². The molecule has 0 aliphatic heterocycles. The van der Waals surface area contributed by atoms with Crippen LogP contribution in [0.15, 0.2) is 18.2 Å². The molecule has 0 fully saturated rings. The van der Waals surface area contributed by atoms with E-state index in [1.807, 2.05) is 13.0 Å². The zero-order valence-corrected chi connectivity index (χ0v) is 10.6. The third-order valence-electron chi connectivity index (χ3n) is 2.62. The van der Waals surface area contributed by atoms with Gasteiger partial charge in [-0.3, -0.25) is 0 Å². The largest absolute Gasteiger partial charge is 0.325 e. The van der Waals surface area contributed by atoms with Gasteiger partial charge in [0.25, 0.3) is 0 Å². The second-order valence-electron chi connectivity index (χ2n) is 4.68. The number of hydrogen-bond acceptors (Lipinski definition) is 1. The summed E-state index contributed by atoms with van der Waals surface area (Å²) in [6.45, 7) is 6.29. The summed E-state index contributed by atoms with van der Waals surface area (Å²) in [5, 5.41) is 0.836. The molecule has 2 heteroatoms. The van der Waals surface area contributed by atoms with Crippen molar-refractivity contribution in [3.8, 4) is 0 Å². The van der Waals surface area contributed by atoms with Crippen molar-refractivity contribution in [2.45, 2.75) is 45.6 Å². The van der Waals surface area contributed by atoms with Crippen molar-refractivity contribution in [1.29, 1.82) is 0 Å². The first-order valence-electron chi connectivity index (χ1n) is 5.48. The van der Waals surface area contributed by atoms with Crippen LogP contribution in [0.2, 0.25) is 5.02 Å². The summed E-state index contributed by atoms with van der Waals surface area (Å²) in [7, 11) is 0. The SMILES string of the molecule is CCCC(C)(N)Cc1ccc(C)cc1Cl. The molecule has 0 amide bonds. The van der Waals surface area contributed by atoms with Crippen LogP contribution in [0, 0.1) is 6.92 Å². The molecule has 1 aromatic carbocycles. The molecule has 1 unspecified atom stereocenters. The van der Waals surface area contributed by atoms with Crippen molar-refractivity contribution in [2.24, 2.45) is 5.73 Å². The van der Waals surface area contributed by atoms with Gasteiger partial charge in [-0.05, 0) is 43.9 Å². The molecule has 1 nitrogen and oxygen atoms in total. The first kappa shape index (κ1) is 12.5. The Morgan fingerprint density at radius 1 is 1.40 bits per heavy atom. The minimum atomic E-state index is -0.145. The van der Waals surface area contributed by atoms with E-state index in [1.165, 1.54) is 5.56 Å². The van der Waals surface area contributed by atoms with Gasteiger partial charge in [-0.2, -0.15) is 0 Å². The number of halogens is 1. The van der Waals surface area contributed by atoms with Crippen molar-refractivity contribution in [2.75, 3.05) is 0 Å². The number of aryl methyl sites for hydroxylation is 1. The fourth-order valence-corrected chi connectivity index (χ4v) is 2.19. The van der Waals surface area contributed by atoms with Crippen LogP contribution < -0.4 is 5.73 Å². The molecule has 0 aliphatic carbocycles. The molecule has 84 valence electrons. The van der Waals surface area contributed by atoms with Gasteiger partial charge in [-0.25, -0.2) is 0 Å². The van der Waals surface area contributed by atoms with Crippen LogP contribution in [-0.4, -0.2) is 5.54 Å². The number of nitrogens with two attached hydrogens (primary N) is 1. The molecular formula is C13H20ClN. The molecule has 1 aromatic rings. The summed E-state index contributed by atoms with van der Waals surface area (Å²) < 4.78 is 0. The molecule has 0 aliphatic rings. The molecule has 1 atom stereocenters. The highest BCUT2D eigenvalue weighted by Crippen LogP contribution is 2.23. The Bertz CT molecular complexity index is 331. The zero-order valence-electron chi connectivity index (χ0n) is 9.81. The third-order valence-corrected chi connectivity index (χ3v) is 2.98. The van der Waals surface area contributed by atoms with Gasteiger partial charge in [0.1, 0.15) is 0 Å². The highest BCUT2D eigenvalue weighted by atomic mass is 35.5. The Hall–Kier alpha value is -0.530. The minimum Gasteiger partial charge on any atom is -0.325 e. The fraction of sp³-hybridized carbons (Fsp3) is 0.538. The van der Waals surface area contributed by atoms with Gasteiger partial charge in [-0.1, -0.05) is 37.1 Å². The maximum Gasteiger partial charge on any atom is 0.0441 e. The quantitative estimate of drug-likeness (QED) is 0.831. The molecule has 1 rings (SSSR count). The van der Waals surface area contributed by atoms with Crippen molar-refractivity contribution in [3.63, 3.8) is 0 Å². The summed E-state index contributed by atoms with van der Waals surface area (Å²) in [5.74, 6) is 0. The fourth-order valence-electron chi connectivity index (χ4n) is 1.89. The topological polar surface area (TPSA) is 26.0 Å². The molecule has 0 saturated heterocycles. The molecule has 0 spiro atoms. The highest BCUT2D eigenvalue weighted by Gasteiger charge is 2.18. The van der Waals surface area contributed by atoms with Crippen LogP contribution in [0.5, 0.6) is 0 Å². The Kier molecular flexibility index (Phi) is 4.18. The molecule has 0 bridgehead atoms. The van der Waals surface area contributed by atoms with E-state index < -0.39 is 0 Å². The number of hydrogen-bond donors (Lipinski definition) is 1. The summed E-state index contributed by atoms with van der Waals surface area (Å²) >= 11 is 6.18. The summed E-state index contributed by atoms with van der Waals surface area (Å²) in [6.07, 6.45) is 2.98. The molecular weight excluding hydrogens is 206 g/mol. The first-order valence-corrected chi connectivity index (χ1v) is 5.86. The Morgan fingerprint density at radius 3 is 2.60 bits per heavy atom. The van der Waals surface area contributed by atoms with Crippen LogP contribution in [0.1, 0.15) is 37.8 Å². The average Bonchev–Trinajstić information content (AvgIpc) is 2.09. The van der Waals surface area contributed by atoms with Crippen molar-refractivity contribution < 1.29 is 0 Å². The van der Waals surface area contributed by atoms with E-state index in [9.17, 15) is 0 Å². The monoisotopic (exact) mass is 225 g/mol. The van der Waals surface area contributed by atoms with Gasteiger partial charge >= 0.3 is 0 Å². The highest BCUT2D eigenvalue weighted by molar-refractivity contribution is 6.31. The normalized spacial score (nSPS) is 15.0. The van der Waals surface area contributed by atoms with E-state index >= 15 is 0 Å². The Labute approximate surface area is 97.6 Å². The molecule has 15 heavy (non-hydrogen) atoms. The first-order chi connectivity index (χ1) is 6.94. The summed E-state index contributed by atoms with van der Waals surface area (Å²) in [5.41, 5.74) is 8.41. The molecule has 0 aromatic heterocycles. The average molecular weight is 226 g/mol. The van der Waals surface area contributed by atoms with E-state index in [4.69, 9.17) is 17.3 Å². The van der Waals surface area contributed by atoms with Crippen LogP contribution in [-0.2, 0) is 6.42 Å². The Balaban J connectivity index is 2.80. The van der Waals surface area contributed by atoms with Gasteiger partial charge in [-0.15, -0.1) is 0 Å². The van der Waals surface area contributed by atoms with Crippen LogP contribution in [0.3, 0.4) is 0 Å². The van der Waals surface area contributed by atoms with Crippen molar-refractivity contribution in [3.05, 3.63) is 34.3 Å². The van der Waals surface area contributed by atoms with E-state index in [2.05, 4.69) is 26.0 Å². The van der Waals surface area contributed by atoms with Crippen LogP contribution in [0.25, 0.3) is 0 Å². The molecule has 0 saturated carbocycles. The predicted octanol–water partition coefficient (Wildman–Crippen LogP) is 3.71. The van der Waals surface area contributed by atoms with Gasteiger partial charge < -0.3 is 5.73 Å². The Morgan fingerprint density at radius 2 is 2.07 bits per heavy atom. The molecule has 2 N–H and O–H groups in total. The van der Waals surface area contributed by atoms with E-state index in [-0.39, 0.29) is 5.54 Å². The van der Waals surface area contributed by atoms with E-state index in [0.29, 0.717) is 0 Å². The summed E-state index contributed by atoms with van der Waals surface area (Å²) in [6, 6.07) is 6.17. The maximum absolute atomic E-state index is 6.21. The predicted molar refractivity (Wildman–Crippen MR) is 67.4 cm³/mol. The van der Waals surface area contributed by atoms with Gasteiger partial charge in [0.2, 0.25) is 0 Å². The lowest BCUT2D eigenvalue weighted by atomic mass is 9.89. The lowest BCUT2D eigenvalue weighted by Gasteiger charge is -2.24. The lowest BCUT2D eigenvalue weighted by Crippen LogP contribution is -2.38. The summed E-state index contributed by atoms with van der Waals surface area (Å²) in [4.78, 5) is 0. The standard InChI is InChI=1S/C13H20ClN/c1-4-7-13(3,15)9-11-6-5-10(2)8-12(11)14/h5-6,8H,4,7,9,15H2,1-3H3. The third kappa shape index (κ3) is 3.84. The van der Waals surface area contributed by atoms with Crippen LogP contribution in [0.4, 0.5) is 0 Å². The minimum absolute atomic E-state index is 0.145. The number of benzene rings is 1. The second kappa shape index (κ2) is 5.00. The van der Waals surface area contributed by atoms with E-state index in [0.717, 1.165) is 29.8 Å². The molecule has 0 heterocycles. The smallest absolute Gasteiger partial charge is 0.0441 e.